The van der Waals surface area contributed by atoms with Crippen LogP contribution in [0.3, 0.4) is 0 Å². The van der Waals surface area contributed by atoms with Crippen LogP contribution in [0.5, 0.6) is 0 Å². The first kappa shape index (κ1) is 19.1. The number of hydrogen-bond acceptors (Lipinski definition) is 2. The average Bonchev–Trinajstić information content (AvgIpc) is 2.56. The summed E-state index contributed by atoms with van der Waals surface area (Å²) in [6.45, 7) is 6.38. The smallest absolute Gasteiger partial charge is 0.266 e. The highest BCUT2D eigenvalue weighted by Gasteiger charge is 2.14. The summed E-state index contributed by atoms with van der Waals surface area (Å²) in [5.41, 5.74) is 2.35. The van der Waals surface area contributed by atoms with Crippen LogP contribution in [0, 0.1) is 11.3 Å². The van der Waals surface area contributed by atoms with Gasteiger partial charge in [0.2, 0.25) is 0 Å². The lowest BCUT2D eigenvalue weighted by atomic mass is 9.86. The number of carbonyl (C=O) groups excluding carboxylic acids is 1. The lowest BCUT2D eigenvalue weighted by Gasteiger charge is -2.18. The largest absolute Gasteiger partial charge is 0.320 e. The van der Waals surface area contributed by atoms with Gasteiger partial charge in [-0.1, -0.05) is 74.3 Å². The first-order valence-electron chi connectivity index (χ1n) is 7.70. The molecular formula is C20H18Cl2N2O. The summed E-state index contributed by atoms with van der Waals surface area (Å²) in [6, 6.07) is 14.6. The summed E-state index contributed by atoms with van der Waals surface area (Å²) < 4.78 is 0. The molecule has 0 atom stereocenters. The molecule has 0 aromatic heterocycles. The van der Waals surface area contributed by atoms with Crippen molar-refractivity contribution in [1.29, 1.82) is 5.26 Å². The summed E-state index contributed by atoms with van der Waals surface area (Å²) in [6.07, 6.45) is 1.54. The van der Waals surface area contributed by atoms with Gasteiger partial charge in [-0.25, -0.2) is 0 Å². The first-order valence-corrected chi connectivity index (χ1v) is 8.45. The zero-order valence-electron chi connectivity index (χ0n) is 14.2. The molecule has 0 aliphatic rings. The Morgan fingerprint density at radius 2 is 1.76 bits per heavy atom. The molecule has 0 fully saturated rings. The van der Waals surface area contributed by atoms with Gasteiger partial charge in [0, 0.05) is 0 Å². The van der Waals surface area contributed by atoms with E-state index in [2.05, 4.69) is 26.1 Å². The molecule has 0 bridgehead atoms. The summed E-state index contributed by atoms with van der Waals surface area (Å²) in [5.74, 6) is -0.536. The van der Waals surface area contributed by atoms with Gasteiger partial charge in [0.25, 0.3) is 5.91 Å². The van der Waals surface area contributed by atoms with Crippen molar-refractivity contribution in [3.63, 3.8) is 0 Å². The van der Waals surface area contributed by atoms with Crippen molar-refractivity contribution >= 4 is 40.9 Å². The number of nitrogens with one attached hydrogen (secondary N) is 1. The lowest BCUT2D eigenvalue weighted by Crippen LogP contribution is -2.14. The van der Waals surface area contributed by atoms with Gasteiger partial charge in [0.05, 0.1) is 15.7 Å². The van der Waals surface area contributed by atoms with Crippen LogP contribution in [0.1, 0.15) is 31.9 Å². The third kappa shape index (κ3) is 4.85. The Morgan fingerprint density at radius 1 is 1.12 bits per heavy atom. The second-order valence-electron chi connectivity index (χ2n) is 6.60. The Labute approximate surface area is 157 Å². The van der Waals surface area contributed by atoms with Crippen molar-refractivity contribution in [2.24, 2.45) is 0 Å². The number of anilines is 1. The van der Waals surface area contributed by atoms with E-state index in [1.54, 1.807) is 24.3 Å². The predicted octanol–water partition coefficient (Wildman–Crippen LogP) is 5.84. The molecule has 0 saturated heterocycles. The molecule has 0 heterocycles. The van der Waals surface area contributed by atoms with E-state index in [0.717, 1.165) is 5.56 Å². The van der Waals surface area contributed by atoms with Gasteiger partial charge in [-0.05, 0) is 34.8 Å². The molecule has 2 aromatic carbocycles. The molecule has 3 nitrogen and oxygen atoms in total. The Kier molecular flexibility index (Phi) is 5.89. The number of amides is 1. The highest BCUT2D eigenvalue weighted by atomic mass is 35.5. The summed E-state index contributed by atoms with van der Waals surface area (Å²) in [4.78, 5) is 12.3. The maximum absolute atomic E-state index is 12.3. The molecule has 25 heavy (non-hydrogen) atoms. The second kappa shape index (κ2) is 7.74. The number of carbonyl (C=O) groups is 1. The van der Waals surface area contributed by atoms with Crippen molar-refractivity contribution in [2.75, 3.05) is 5.32 Å². The van der Waals surface area contributed by atoms with Crippen molar-refractivity contribution in [3.8, 4) is 6.07 Å². The van der Waals surface area contributed by atoms with Crippen LogP contribution in [-0.2, 0) is 10.2 Å². The third-order valence-corrected chi connectivity index (χ3v) is 4.47. The molecule has 2 aromatic rings. The molecule has 1 N–H and O–H groups in total. The molecule has 0 spiro atoms. The molecule has 1 amide bonds. The van der Waals surface area contributed by atoms with E-state index in [4.69, 9.17) is 23.2 Å². The minimum atomic E-state index is -0.536. The lowest BCUT2D eigenvalue weighted by molar-refractivity contribution is -0.112. The number of nitrogens with zero attached hydrogens (tertiary/aromatic N) is 1. The zero-order chi connectivity index (χ0) is 18.6. The van der Waals surface area contributed by atoms with E-state index in [-0.39, 0.29) is 16.0 Å². The SMILES string of the molecule is CC(C)(C)c1ccc(C=C(C#N)C(=O)Nc2cccc(Cl)c2Cl)cc1. The molecule has 0 aliphatic carbocycles. The topological polar surface area (TPSA) is 52.9 Å². The highest BCUT2D eigenvalue weighted by Crippen LogP contribution is 2.30. The number of rotatable bonds is 3. The number of halogens is 2. The van der Waals surface area contributed by atoms with Gasteiger partial charge < -0.3 is 5.32 Å². The van der Waals surface area contributed by atoms with E-state index in [1.165, 1.54) is 5.56 Å². The molecule has 0 aliphatic heterocycles. The molecule has 0 radical (unpaired) electrons. The molecule has 0 saturated carbocycles. The van der Waals surface area contributed by atoms with Crippen LogP contribution in [0.25, 0.3) is 6.08 Å². The second-order valence-corrected chi connectivity index (χ2v) is 7.38. The predicted molar refractivity (Wildman–Crippen MR) is 104 cm³/mol. The van der Waals surface area contributed by atoms with Crippen LogP contribution in [0.15, 0.2) is 48.0 Å². The van der Waals surface area contributed by atoms with Crippen molar-refractivity contribution < 1.29 is 4.79 Å². The van der Waals surface area contributed by atoms with E-state index in [1.807, 2.05) is 30.3 Å². The number of nitriles is 1. The average molecular weight is 373 g/mol. The zero-order valence-corrected chi connectivity index (χ0v) is 15.7. The van der Waals surface area contributed by atoms with Gasteiger partial charge in [-0.3, -0.25) is 4.79 Å². The van der Waals surface area contributed by atoms with Gasteiger partial charge in [-0.2, -0.15) is 5.26 Å². The summed E-state index contributed by atoms with van der Waals surface area (Å²) in [5, 5.41) is 12.5. The Hall–Kier alpha value is -2.28. The summed E-state index contributed by atoms with van der Waals surface area (Å²) >= 11 is 12.0. The highest BCUT2D eigenvalue weighted by molar-refractivity contribution is 6.44. The Bertz CT molecular complexity index is 857. The number of benzene rings is 2. The minimum absolute atomic E-state index is 0.0143. The van der Waals surface area contributed by atoms with Crippen molar-refractivity contribution in [3.05, 3.63) is 69.2 Å². The molecule has 0 unspecified atom stereocenters. The molecule has 128 valence electrons. The fourth-order valence-electron chi connectivity index (χ4n) is 2.18. The minimum Gasteiger partial charge on any atom is -0.320 e. The Morgan fingerprint density at radius 3 is 2.32 bits per heavy atom. The van der Waals surface area contributed by atoms with Crippen LogP contribution < -0.4 is 5.32 Å². The number of hydrogen-bond donors (Lipinski definition) is 1. The fourth-order valence-corrected chi connectivity index (χ4v) is 2.53. The molecule has 5 heteroatoms. The van der Waals surface area contributed by atoms with Gasteiger partial charge in [0.1, 0.15) is 11.6 Å². The van der Waals surface area contributed by atoms with Gasteiger partial charge in [-0.15, -0.1) is 0 Å². The van der Waals surface area contributed by atoms with Crippen LogP contribution in [-0.4, -0.2) is 5.91 Å². The monoisotopic (exact) mass is 372 g/mol. The first-order chi connectivity index (χ1) is 11.7. The van der Waals surface area contributed by atoms with Crippen LogP contribution in [0.4, 0.5) is 5.69 Å². The van der Waals surface area contributed by atoms with Crippen LogP contribution in [0.2, 0.25) is 10.0 Å². The standard InChI is InChI=1S/C20H18Cl2N2O/c1-20(2,3)15-9-7-13(8-10-15)11-14(12-23)19(25)24-17-6-4-5-16(21)18(17)22/h4-11H,1-3H3,(H,24,25). The Balaban J connectivity index is 2.24. The normalized spacial score (nSPS) is 11.8. The van der Waals surface area contributed by atoms with Gasteiger partial charge >= 0.3 is 0 Å². The van der Waals surface area contributed by atoms with E-state index < -0.39 is 5.91 Å². The van der Waals surface area contributed by atoms with Gasteiger partial charge in [0.15, 0.2) is 0 Å². The van der Waals surface area contributed by atoms with E-state index in [9.17, 15) is 10.1 Å². The molecule has 2 rings (SSSR count). The summed E-state index contributed by atoms with van der Waals surface area (Å²) in [7, 11) is 0. The van der Waals surface area contributed by atoms with Crippen LogP contribution >= 0.6 is 23.2 Å². The van der Waals surface area contributed by atoms with Crippen molar-refractivity contribution in [1.82, 2.24) is 0 Å². The maximum Gasteiger partial charge on any atom is 0.266 e. The maximum atomic E-state index is 12.3. The molecular weight excluding hydrogens is 355 g/mol. The van der Waals surface area contributed by atoms with E-state index >= 15 is 0 Å². The van der Waals surface area contributed by atoms with Crippen molar-refractivity contribution in [2.45, 2.75) is 26.2 Å². The van der Waals surface area contributed by atoms with E-state index in [0.29, 0.717) is 10.7 Å². The third-order valence-electron chi connectivity index (χ3n) is 3.65. The fraction of sp³-hybridized carbons (Fsp3) is 0.200. The quantitative estimate of drug-likeness (QED) is 0.543.